The Morgan fingerprint density at radius 2 is 1.72 bits per heavy atom. The normalized spacial score (nSPS) is 14.4. The van der Waals surface area contributed by atoms with E-state index in [2.05, 4.69) is 15.3 Å². The van der Waals surface area contributed by atoms with Crippen molar-refractivity contribution in [2.75, 3.05) is 31.2 Å². The van der Waals surface area contributed by atoms with E-state index >= 15 is 0 Å². The van der Waals surface area contributed by atoms with Gasteiger partial charge in [0.15, 0.2) is 5.82 Å². The van der Waals surface area contributed by atoms with E-state index in [4.69, 9.17) is 4.74 Å². The number of amides is 1. The van der Waals surface area contributed by atoms with Crippen LogP contribution in [0.15, 0.2) is 60.8 Å². The number of alkyl halides is 3. The molecule has 1 amide bonds. The molecule has 6 nitrogen and oxygen atoms in total. The predicted molar refractivity (Wildman–Crippen MR) is 114 cm³/mol. The van der Waals surface area contributed by atoms with Gasteiger partial charge in [-0.2, -0.15) is 18.3 Å². The fourth-order valence-electron chi connectivity index (χ4n) is 3.54. The maximum atomic E-state index is 12.7. The van der Waals surface area contributed by atoms with E-state index < -0.39 is 11.7 Å². The molecule has 0 saturated carbocycles. The second-order valence-electron chi connectivity index (χ2n) is 7.50. The smallest absolute Gasteiger partial charge is 0.378 e. The number of aromatic nitrogens is 2. The Kier molecular flexibility index (Phi) is 6.45. The van der Waals surface area contributed by atoms with E-state index in [1.807, 2.05) is 36.5 Å². The molecule has 3 aromatic rings. The molecular weight excluding hydrogens is 421 g/mol. The van der Waals surface area contributed by atoms with Crippen LogP contribution in [0.2, 0.25) is 0 Å². The van der Waals surface area contributed by atoms with Gasteiger partial charge in [0.2, 0.25) is 5.91 Å². The third kappa shape index (κ3) is 5.28. The average molecular weight is 444 g/mol. The van der Waals surface area contributed by atoms with Gasteiger partial charge in [0, 0.05) is 31.4 Å². The molecule has 1 saturated heterocycles. The quantitative estimate of drug-likeness (QED) is 0.630. The van der Waals surface area contributed by atoms with E-state index in [0.717, 1.165) is 42.2 Å². The van der Waals surface area contributed by atoms with Gasteiger partial charge in [-0.25, -0.2) is 0 Å². The third-order valence-corrected chi connectivity index (χ3v) is 5.21. The summed E-state index contributed by atoms with van der Waals surface area (Å²) in [4.78, 5) is 14.6. The lowest BCUT2D eigenvalue weighted by atomic mass is 10.1. The van der Waals surface area contributed by atoms with E-state index in [9.17, 15) is 18.0 Å². The Morgan fingerprint density at radius 1 is 1.03 bits per heavy atom. The molecule has 0 spiro atoms. The van der Waals surface area contributed by atoms with Gasteiger partial charge in [-0.05, 0) is 23.3 Å². The Balaban J connectivity index is 1.44. The van der Waals surface area contributed by atoms with Gasteiger partial charge in [0.05, 0.1) is 18.8 Å². The highest BCUT2D eigenvalue weighted by molar-refractivity contribution is 5.78. The second kappa shape index (κ2) is 9.44. The summed E-state index contributed by atoms with van der Waals surface area (Å²) >= 11 is 0. The molecular formula is C23H23F3N4O2. The van der Waals surface area contributed by atoms with Crippen LogP contribution in [0.4, 0.5) is 19.0 Å². The molecule has 0 bridgehead atoms. The summed E-state index contributed by atoms with van der Waals surface area (Å²) in [5.41, 5.74) is 1.81. The number of hydrogen-bond donors (Lipinski definition) is 1. The molecule has 32 heavy (non-hydrogen) atoms. The number of nitrogens with zero attached hydrogens (tertiary/aromatic N) is 3. The molecule has 4 rings (SSSR count). The summed E-state index contributed by atoms with van der Waals surface area (Å²) < 4.78 is 45.1. The molecule has 1 N–H and O–H groups in total. The maximum Gasteiger partial charge on any atom is 0.416 e. The van der Waals surface area contributed by atoms with Gasteiger partial charge in [-0.1, -0.05) is 42.5 Å². The molecule has 2 aromatic carbocycles. The van der Waals surface area contributed by atoms with Crippen LogP contribution >= 0.6 is 0 Å². The lowest BCUT2D eigenvalue weighted by Crippen LogP contribution is -2.37. The Labute approximate surface area is 183 Å². The molecule has 1 aromatic heterocycles. The lowest BCUT2D eigenvalue weighted by Gasteiger charge is -2.27. The second-order valence-corrected chi connectivity index (χ2v) is 7.50. The van der Waals surface area contributed by atoms with E-state index in [1.54, 1.807) is 4.68 Å². The molecule has 1 aliphatic heterocycles. The number of nitrogens with one attached hydrogen (secondary N) is 1. The summed E-state index contributed by atoms with van der Waals surface area (Å²) in [6.45, 7) is 2.82. The number of carbonyl (C=O) groups excluding carboxylic acids is 1. The first kappa shape index (κ1) is 21.9. The van der Waals surface area contributed by atoms with Crippen molar-refractivity contribution in [3.05, 3.63) is 71.9 Å². The standard InChI is InChI=1S/C23H23F3N4O2/c24-23(25,26)19-8-6-17(7-9-19)14-27-21(31)16-30-15-20(18-4-2-1-3-5-18)22(28-30)29-10-12-32-13-11-29/h1-9,15H,10-14,16H2,(H,27,31). The first-order valence-corrected chi connectivity index (χ1v) is 10.3. The van der Waals surface area contributed by atoms with Gasteiger partial charge in [0.1, 0.15) is 6.54 Å². The van der Waals surface area contributed by atoms with Crippen molar-refractivity contribution >= 4 is 11.7 Å². The zero-order chi connectivity index (χ0) is 22.6. The Morgan fingerprint density at radius 3 is 2.38 bits per heavy atom. The van der Waals surface area contributed by atoms with Crippen LogP contribution < -0.4 is 10.2 Å². The number of morpholine rings is 1. The number of carbonyl (C=O) groups is 1. The van der Waals surface area contributed by atoms with Crippen LogP contribution in [0.25, 0.3) is 11.1 Å². The monoisotopic (exact) mass is 444 g/mol. The molecule has 9 heteroatoms. The minimum absolute atomic E-state index is 0.00477. The number of benzene rings is 2. The third-order valence-electron chi connectivity index (χ3n) is 5.21. The zero-order valence-electron chi connectivity index (χ0n) is 17.3. The largest absolute Gasteiger partial charge is 0.416 e. The van der Waals surface area contributed by atoms with Gasteiger partial charge in [-0.3, -0.25) is 9.48 Å². The van der Waals surface area contributed by atoms with E-state index in [0.29, 0.717) is 18.8 Å². The predicted octanol–water partition coefficient (Wildman–Crippen LogP) is 3.72. The van der Waals surface area contributed by atoms with Gasteiger partial charge in [0.25, 0.3) is 0 Å². The topological polar surface area (TPSA) is 59.4 Å². The highest BCUT2D eigenvalue weighted by Gasteiger charge is 2.29. The first-order chi connectivity index (χ1) is 15.4. The molecule has 0 atom stereocenters. The highest BCUT2D eigenvalue weighted by Crippen LogP contribution is 2.30. The molecule has 168 valence electrons. The highest BCUT2D eigenvalue weighted by atomic mass is 19.4. The van der Waals surface area contributed by atoms with Crippen molar-refractivity contribution in [3.8, 4) is 11.1 Å². The maximum absolute atomic E-state index is 12.7. The van der Waals surface area contributed by atoms with E-state index in [1.165, 1.54) is 12.1 Å². The van der Waals surface area contributed by atoms with Crippen molar-refractivity contribution in [1.82, 2.24) is 15.1 Å². The molecule has 1 fully saturated rings. The number of anilines is 1. The average Bonchev–Trinajstić information content (AvgIpc) is 3.22. The fraction of sp³-hybridized carbons (Fsp3) is 0.304. The van der Waals surface area contributed by atoms with Crippen LogP contribution in [0, 0.1) is 0 Å². The first-order valence-electron chi connectivity index (χ1n) is 10.3. The zero-order valence-corrected chi connectivity index (χ0v) is 17.3. The van der Waals surface area contributed by atoms with Crippen molar-refractivity contribution in [3.63, 3.8) is 0 Å². The van der Waals surface area contributed by atoms with Crippen LogP contribution in [-0.2, 0) is 28.8 Å². The van der Waals surface area contributed by atoms with Crippen molar-refractivity contribution in [2.24, 2.45) is 0 Å². The Hall–Kier alpha value is -3.33. The Bertz CT molecular complexity index is 1040. The van der Waals surface area contributed by atoms with Crippen molar-refractivity contribution in [2.45, 2.75) is 19.3 Å². The van der Waals surface area contributed by atoms with Crippen LogP contribution in [0.3, 0.4) is 0 Å². The SMILES string of the molecule is O=C(Cn1cc(-c2ccccc2)c(N2CCOCC2)n1)NCc1ccc(C(F)(F)F)cc1. The number of ether oxygens (including phenoxy) is 1. The molecule has 2 heterocycles. The van der Waals surface area contributed by atoms with Crippen molar-refractivity contribution in [1.29, 1.82) is 0 Å². The minimum Gasteiger partial charge on any atom is -0.378 e. The van der Waals surface area contributed by atoms with Gasteiger partial charge in [-0.15, -0.1) is 0 Å². The fourth-order valence-corrected chi connectivity index (χ4v) is 3.54. The minimum atomic E-state index is -4.38. The van der Waals surface area contributed by atoms with Crippen LogP contribution in [-0.4, -0.2) is 42.0 Å². The molecule has 1 aliphatic rings. The van der Waals surface area contributed by atoms with Gasteiger partial charge >= 0.3 is 6.18 Å². The van der Waals surface area contributed by atoms with Crippen LogP contribution in [0.5, 0.6) is 0 Å². The summed E-state index contributed by atoms with van der Waals surface area (Å²) in [5, 5.41) is 7.38. The van der Waals surface area contributed by atoms with E-state index in [-0.39, 0.29) is 19.0 Å². The van der Waals surface area contributed by atoms with Gasteiger partial charge < -0.3 is 15.0 Å². The van der Waals surface area contributed by atoms with Crippen molar-refractivity contribution < 1.29 is 22.7 Å². The summed E-state index contributed by atoms with van der Waals surface area (Å²) in [5.74, 6) is 0.524. The summed E-state index contributed by atoms with van der Waals surface area (Å²) in [6.07, 6.45) is -2.53. The molecule has 0 radical (unpaired) electrons. The molecule has 0 aliphatic carbocycles. The summed E-state index contributed by atoms with van der Waals surface area (Å²) in [7, 11) is 0. The lowest BCUT2D eigenvalue weighted by molar-refractivity contribution is -0.137. The number of rotatable bonds is 6. The molecule has 0 unspecified atom stereocenters. The van der Waals surface area contributed by atoms with Crippen LogP contribution in [0.1, 0.15) is 11.1 Å². The number of hydrogen-bond acceptors (Lipinski definition) is 4. The number of halogens is 3. The summed E-state index contributed by atoms with van der Waals surface area (Å²) in [6, 6.07) is 14.6.